The number of rotatable bonds is 1. The van der Waals surface area contributed by atoms with Gasteiger partial charge >= 0.3 is 0 Å². The molecule has 1 fully saturated rings. The first kappa shape index (κ1) is 11.6. The third kappa shape index (κ3) is 2.13. The molecule has 2 nitrogen and oxygen atoms in total. The predicted molar refractivity (Wildman–Crippen MR) is 64.5 cm³/mol. The van der Waals surface area contributed by atoms with Crippen molar-refractivity contribution in [1.29, 1.82) is 0 Å². The van der Waals surface area contributed by atoms with Gasteiger partial charge in [-0.3, -0.25) is 0 Å². The summed E-state index contributed by atoms with van der Waals surface area (Å²) < 4.78 is 5.42. The molecule has 1 aromatic carbocycles. The van der Waals surface area contributed by atoms with Crippen molar-refractivity contribution in [3.05, 3.63) is 34.9 Å². The van der Waals surface area contributed by atoms with Crippen LogP contribution in [-0.2, 0) is 10.3 Å². The van der Waals surface area contributed by atoms with Crippen molar-refractivity contribution in [2.75, 3.05) is 13.2 Å². The number of hydrogen-bond acceptors (Lipinski definition) is 2. The molecular weight excluding hydrogens is 200 g/mol. The lowest BCUT2D eigenvalue weighted by Crippen LogP contribution is -2.27. The minimum atomic E-state index is -0.688. The lowest BCUT2D eigenvalue weighted by molar-refractivity contribution is 0.0138. The van der Waals surface area contributed by atoms with Crippen LogP contribution in [0.25, 0.3) is 0 Å². The summed E-state index contributed by atoms with van der Waals surface area (Å²) in [5.41, 5.74) is 2.85. The Hall–Kier alpha value is -0.860. The van der Waals surface area contributed by atoms with Crippen LogP contribution in [0.4, 0.5) is 0 Å². The lowest BCUT2D eigenvalue weighted by atomic mass is 9.83. The number of aryl methyl sites for hydroxylation is 1. The van der Waals surface area contributed by atoms with E-state index in [1.165, 1.54) is 11.1 Å². The normalized spacial score (nSPS) is 26.4. The molecule has 0 bridgehead atoms. The van der Waals surface area contributed by atoms with Gasteiger partial charge in [0, 0.05) is 19.6 Å². The fourth-order valence-electron chi connectivity index (χ4n) is 2.46. The molecule has 0 spiro atoms. The Bertz CT molecular complexity index is 363. The van der Waals surface area contributed by atoms with E-state index in [1.807, 2.05) is 12.1 Å². The van der Waals surface area contributed by atoms with E-state index < -0.39 is 5.60 Å². The quantitative estimate of drug-likeness (QED) is 0.788. The van der Waals surface area contributed by atoms with Crippen LogP contribution in [0.3, 0.4) is 0 Å². The van der Waals surface area contributed by atoms with Crippen molar-refractivity contribution in [1.82, 2.24) is 0 Å². The van der Waals surface area contributed by atoms with E-state index in [2.05, 4.69) is 19.9 Å². The van der Waals surface area contributed by atoms with Crippen LogP contribution in [0.2, 0.25) is 0 Å². The van der Waals surface area contributed by atoms with Gasteiger partial charge in [-0.15, -0.1) is 0 Å². The molecule has 16 heavy (non-hydrogen) atoms. The number of ether oxygens (including phenoxy) is 1. The number of aliphatic hydroxyl groups is 1. The molecule has 0 amide bonds. The first-order chi connectivity index (χ1) is 7.63. The van der Waals surface area contributed by atoms with Crippen molar-refractivity contribution in [2.24, 2.45) is 0 Å². The van der Waals surface area contributed by atoms with Gasteiger partial charge in [0.15, 0.2) is 0 Å². The zero-order valence-electron chi connectivity index (χ0n) is 10.1. The van der Waals surface area contributed by atoms with Crippen LogP contribution in [0.1, 0.15) is 36.0 Å². The van der Waals surface area contributed by atoms with Crippen molar-refractivity contribution >= 4 is 0 Å². The molecule has 1 aromatic rings. The van der Waals surface area contributed by atoms with Gasteiger partial charge < -0.3 is 9.84 Å². The van der Waals surface area contributed by atoms with Gasteiger partial charge in [0.25, 0.3) is 0 Å². The Morgan fingerprint density at radius 3 is 2.81 bits per heavy atom. The third-order valence-electron chi connectivity index (χ3n) is 3.64. The van der Waals surface area contributed by atoms with Gasteiger partial charge in [-0.05, 0) is 43.4 Å². The van der Waals surface area contributed by atoms with Crippen LogP contribution in [-0.4, -0.2) is 18.3 Å². The molecule has 1 aliphatic rings. The topological polar surface area (TPSA) is 29.5 Å². The van der Waals surface area contributed by atoms with Gasteiger partial charge in [-0.1, -0.05) is 18.2 Å². The van der Waals surface area contributed by atoms with E-state index in [0.717, 1.165) is 25.0 Å². The SMILES string of the molecule is Cc1cccc(C2(O)CCCOCC2)c1C. The second-order valence-corrected chi connectivity index (χ2v) is 4.74. The Labute approximate surface area is 97.3 Å². The fraction of sp³-hybridized carbons (Fsp3) is 0.571. The summed E-state index contributed by atoms with van der Waals surface area (Å²) in [6, 6.07) is 6.17. The predicted octanol–water partition coefficient (Wildman–Crippen LogP) is 2.69. The molecule has 1 N–H and O–H groups in total. The zero-order valence-corrected chi connectivity index (χ0v) is 10.1. The van der Waals surface area contributed by atoms with E-state index in [9.17, 15) is 5.11 Å². The van der Waals surface area contributed by atoms with E-state index >= 15 is 0 Å². The first-order valence-electron chi connectivity index (χ1n) is 6.00. The summed E-state index contributed by atoms with van der Waals surface area (Å²) in [4.78, 5) is 0. The molecule has 0 saturated carbocycles. The Balaban J connectivity index is 2.37. The minimum Gasteiger partial charge on any atom is -0.385 e. The Morgan fingerprint density at radius 2 is 2.00 bits per heavy atom. The monoisotopic (exact) mass is 220 g/mol. The molecule has 2 rings (SSSR count). The molecule has 0 aromatic heterocycles. The number of hydrogen-bond donors (Lipinski definition) is 1. The van der Waals surface area contributed by atoms with Gasteiger partial charge in [-0.25, -0.2) is 0 Å². The molecule has 0 radical (unpaired) electrons. The highest BCUT2D eigenvalue weighted by Crippen LogP contribution is 2.34. The Morgan fingerprint density at radius 1 is 1.19 bits per heavy atom. The van der Waals surface area contributed by atoms with Crippen LogP contribution < -0.4 is 0 Å². The highest BCUT2D eigenvalue weighted by Gasteiger charge is 2.31. The van der Waals surface area contributed by atoms with E-state index in [-0.39, 0.29) is 0 Å². The maximum absolute atomic E-state index is 10.7. The first-order valence-corrected chi connectivity index (χ1v) is 6.00. The van der Waals surface area contributed by atoms with Gasteiger partial charge in [-0.2, -0.15) is 0 Å². The van der Waals surface area contributed by atoms with E-state index in [4.69, 9.17) is 4.74 Å². The average molecular weight is 220 g/mol. The molecular formula is C14H20O2. The second kappa shape index (κ2) is 4.56. The minimum absolute atomic E-state index is 0.657. The third-order valence-corrected chi connectivity index (χ3v) is 3.64. The molecule has 2 heteroatoms. The van der Waals surface area contributed by atoms with E-state index in [1.54, 1.807) is 0 Å². The molecule has 1 atom stereocenters. The maximum Gasteiger partial charge on any atom is 0.0922 e. The van der Waals surface area contributed by atoms with Crippen molar-refractivity contribution in [3.63, 3.8) is 0 Å². The molecule has 88 valence electrons. The van der Waals surface area contributed by atoms with Crippen LogP contribution >= 0.6 is 0 Å². The van der Waals surface area contributed by atoms with Crippen molar-refractivity contribution in [2.45, 2.75) is 38.7 Å². The van der Waals surface area contributed by atoms with Crippen molar-refractivity contribution in [3.8, 4) is 0 Å². The molecule has 1 unspecified atom stereocenters. The molecule has 1 aliphatic heterocycles. The van der Waals surface area contributed by atoms with Gasteiger partial charge in [0.1, 0.15) is 0 Å². The molecule has 0 aliphatic carbocycles. The summed E-state index contributed by atoms with van der Waals surface area (Å²) in [5, 5.41) is 10.7. The second-order valence-electron chi connectivity index (χ2n) is 4.74. The van der Waals surface area contributed by atoms with E-state index in [0.29, 0.717) is 13.0 Å². The maximum atomic E-state index is 10.7. The van der Waals surface area contributed by atoms with Crippen LogP contribution in [0.15, 0.2) is 18.2 Å². The summed E-state index contributed by atoms with van der Waals surface area (Å²) in [6.45, 7) is 5.61. The average Bonchev–Trinajstić information content (AvgIpc) is 2.48. The fourth-order valence-corrected chi connectivity index (χ4v) is 2.46. The zero-order chi connectivity index (χ0) is 11.6. The smallest absolute Gasteiger partial charge is 0.0922 e. The van der Waals surface area contributed by atoms with Crippen LogP contribution in [0.5, 0.6) is 0 Å². The summed E-state index contributed by atoms with van der Waals surface area (Å²) in [6.07, 6.45) is 2.44. The molecule has 1 saturated heterocycles. The van der Waals surface area contributed by atoms with Crippen LogP contribution in [0, 0.1) is 13.8 Å². The Kier molecular flexibility index (Phi) is 3.31. The number of benzene rings is 1. The highest BCUT2D eigenvalue weighted by molar-refractivity contribution is 5.37. The standard InChI is InChI=1S/C14H20O2/c1-11-5-3-6-13(12(11)2)14(15)7-4-9-16-10-8-14/h3,5-6,15H,4,7-10H2,1-2H3. The summed E-state index contributed by atoms with van der Waals surface area (Å²) in [7, 11) is 0. The molecule has 1 heterocycles. The summed E-state index contributed by atoms with van der Waals surface area (Å²) >= 11 is 0. The van der Waals surface area contributed by atoms with Crippen molar-refractivity contribution < 1.29 is 9.84 Å². The highest BCUT2D eigenvalue weighted by atomic mass is 16.5. The largest absolute Gasteiger partial charge is 0.385 e. The summed E-state index contributed by atoms with van der Waals surface area (Å²) in [5.74, 6) is 0. The van der Waals surface area contributed by atoms with Gasteiger partial charge in [0.05, 0.1) is 5.60 Å². The lowest BCUT2D eigenvalue weighted by Gasteiger charge is -2.29. The van der Waals surface area contributed by atoms with Gasteiger partial charge in [0.2, 0.25) is 0 Å².